The minimum absolute atomic E-state index is 0.0916. The van der Waals surface area contributed by atoms with Gasteiger partial charge in [0.05, 0.1) is 30.2 Å². The van der Waals surface area contributed by atoms with E-state index in [4.69, 9.17) is 14.8 Å². The lowest BCUT2D eigenvalue weighted by molar-refractivity contribution is -0.155. The van der Waals surface area contributed by atoms with E-state index in [0.717, 1.165) is 38.8 Å². The highest BCUT2D eigenvalue weighted by Crippen LogP contribution is 2.42. The van der Waals surface area contributed by atoms with Gasteiger partial charge in [-0.3, -0.25) is 25.1 Å². The molecule has 4 heterocycles. The first-order chi connectivity index (χ1) is 18.4. The van der Waals surface area contributed by atoms with Crippen LogP contribution in [0.25, 0.3) is 11.3 Å². The average molecular weight is 547 g/mol. The minimum Gasteiger partial charge on any atom is -0.476 e. The highest BCUT2D eigenvalue weighted by molar-refractivity contribution is 7.17. The Morgan fingerprint density at radius 2 is 1.77 bits per heavy atom. The first-order valence-electron chi connectivity index (χ1n) is 12.6. The van der Waals surface area contributed by atoms with Crippen LogP contribution in [-0.4, -0.2) is 56.4 Å². The normalized spacial score (nSPS) is 18.4. The van der Waals surface area contributed by atoms with Crippen molar-refractivity contribution in [2.75, 3.05) is 4.90 Å². The summed E-state index contributed by atoms with van der Waals surface area (Å²) < 4.78 is 5.65. The van der Waals surface area contributed by atoms with Crippen LogP contribution in [0.4, 0.5) is 5.00 Å². The van der Waals surface area contributed by atoms with Gasteiger partial charge in [-0.05, 0) is 47.1 Å². The third-order valence-electron chi connectivity index (χ3n) is 6.59. The number of fused-ring (bicyclic) bond motifs is 3. The number of rotatable bonds is 5. The smallest absolute Gasteiger partial charge is 0.356 e. The van der Waals surface area contributed by atoms with Crippen molar-refractivity contribution in [1.82, 2.24) is 15.4 Å². The summed E-state index contributed by atoms with van der Waals surface area (Å²) >= 11 is 1.69. The second kappa shape index (κ2) is 9.88. The highest BCUT2D eigenvalue weighted by Gasteiger charge is 2.41. The number of aromatic nitrogens is 2. The van der Waals surface area contributed by atoms with E-state index in [1.54, 1.807) is 11.3 Å². The molecular weight excluding hydrogens is 516 g/mol. The number of esters is 1. The molecule has 2 N–H and O–H groups in total. The number of nitrogens with zero attached hydrogens (tertiary/aromatic N) is 5. The van der Waals surface area contributed by atoms with Gasteiger partial charge in [0.2, 0.25) is 0 Å². The number of hydrogen-bond acceptors (Lipinski definition) is 10. The molecule has 0 amide bonds. The van der Waals surface area contributed by atoms with Gasteiger partial charge in [0.1, 0.15) is 28.6 Å². The fourth-order valence-corrected chi connectivity index (χ4v) is 5.92. The van der Waals surface area contributed by atoms with E-state index in [-0.39, 0.29) is 24.2 Å². The Bertz CT molecular complexity index is 1500. The summed E-state index contributed by atoms with van der Waals surface area (Å²) in [6.07, 6.45) is 2.46. The Kier molecular flexibility index (Phi) is 6.71. The van der Waals surface area contributed by atoms with Crippen molar-refractivity contribution in [2.45, 2.75) is 65.8 Å². The average Bonchev–Trinajstić information content (AvgIpc) is 3.35. The van der Waals surface area contributed by atoms with Crippen molar-refractivity contribution >= 4 is 39.8 Å². The van der Waals surface area contributed by atoms with Gasteiger partial charge in [0.25, 0.3) is 0 Å². The number of aliphatic imine (C=N–C) groups is 1. The molecule has 10 nitrogen and oxygen atoms in total. The molecule has 1 aromatic carbocycles. The van der Waals surface area contributed by atoms with Crippen LogP contribution in [0.3, 0.4) is 0 Å². The molecular formula is C28H30N6O4S. The van der Waals surface area contributed by atoms with Crippen molar-refractivity contribution in [3.05, 3.63) is 63.9 Å². The zero-order chi connectivity index (χ0) is 28.1. The third kappa shape index (κ3) is 5.14. The summed E-state index contributed by atoms with van der Waals surface area (Å²) in [4.78, 5) is 40.8. The third-order valence-corrected chi connectivity index (χ3v) is 7.79. The zero-order valence-corrected chi connectivity index (χ0v) is 23.5. The van der Waals surface area contributed by atoms with Crippen LogP contribution in [0.15, 0.2) is 46.8 Å². The predicted octanol–water partition coefficient (Wildman–Crippen LogP) is 4.54. The first kappa shape index (κ1) is 26.5. The number of aryl methyl sites for hydroxylation is 1. The van der Waals surface area contributed by atoms with Gasteiger partial charge in [0.15, 0.2) is 5.69 Å². The van der Waals surface area contributed by atoms with Crippen LogP contribution in [0.1, 0.15) is 66.2 Å². The number of hydrazone groups is 1. The summed E-state index contributed by atoms with van der Waals surface area (Å²) in [6, 6.07) is 7.30. The molecule has 3 aromatic rings. The molecule has 202 valence electrons. The number of thiophene rings is 1. The Labute approximate surface area is 230 Å². The van der Waals surface area contributed by atoms with Crippen molar-refractivity contribution < 1.29 is 19.4 Å². The monoisotopic (exact) mass is 546 g/mol. The maximum atomic E-state index is 12.9. The molecule has 11 heteroatoms. The van der Waals surface area contributed by atoms with E-state index in [9.17, 15) is 9.59 Å². The van der Waals surface area contributed by atoms with Crippen molar-refractivity contribution in [2.24, 2.45) is 10.1 Å². The van der Waals surface area contributed by atoms with E-state index in [2.05, 4.69) is 39.2 Å². The van der Waals surface area contributed by atoms with Crippen LogP contribution in [-0.2, 0) is 9.53 Å². The molecule has 0 aliphatic carbocycles. The number of hydrogen-bond donors (Lipinski definition) is 2. The van der Waals surface area contributed by atoms with Crippen LogP contribution in [0.2, 0.25) is 0 Å². The Hall–Kier alpha value is -4.12. The molecule has 5 rings (SSSR count). The lowest BCUT2D eigenvalue weighted by atomic mass is 9.98. The molecule has 2 aliphatic heterocycles. The van der Waals surface area contributed by atoms with Crippen molar-refractivity contribution in [3.63, 3.8) is 0 Å². The van der Waals surface area contributed by atoms with Crippen LogP contribution >= 0.6 is 11.3 Å². The molecule has 39 heavy (non-hydrogen) atoms. The number of carboxylic acids is 1. The van der Waals surface area contributed by atoms with Gasteiger partial charge >= 0.3 is 11.9 Å². The van der Waals surface area contributed by atoms with Gasteiger partial charge < -0.3 is 9.84 Å². The Morgan fingerprint density at radius 1 is 1.08 bits per heavy atom. The topological polar surface area (TPSA) is 129 Å². The van der Waals surface area contributed by atoms with Crippen molar-refractivity contribution in [1.29, 1.82) is 0 Å². The molecule has 0 bridgehead atoms. The zero-order valence-electron chi connectivity index (χ0n) is 22.6. The molecule has 0 fully saturated rings. The Morgan fingerprint density at radius 3 is 2.38 bits per heavy atom. The van der Waals surface area contributed by atoms with E-state index in [0.29, 0.717) is 5.69 Å². The van der Waals surface area contributed by atoms with E-state index < -0.39 is 17.6 Å². The Balaban J connectivity index is 1.57. The number of amidine groups is 1. The molecule has 0 saturated heterocycles. The SMILES string of the molecule is CC1=NNC2[C@H](CC(=O)OC(C)(C)C)N=C(c3ccc(-c4cnc(C(=O)O)cn4)cc3)c3c(sc(C)c3C)N12. The molecule has 0 radical (unpaired) electrons. The van der Waals surface area contributed by atoms with Gasteiger partial charge in [-0.2, -0.15) is 5.10 Å². The van der Waals surface area contributed by atoms with Gasteiger partial charge in [-0.1, -0.05) is 24.3 Å². The highest BCUT2D eigenvalue weighted by atomic mass is 32.1. The predicted molar refractivity (Wildman–Crippen MR) is 151 cm³/mol. The second-order valence-electron chi connectivity index (χ2n) is 10.6. The van der Waals surface area contributed by atoms with Gasteiger partial charge in [-0.25, -0.2) is 9.78 Å². The summed E-state index contributed by atoms with van der Waals surface area (Å²) in [7, 11) is 0. The first-order valence-corrected chi connectivity index (χ1v) is 13.4. The van der Waals surface area contributed by atoms with Gasteiger partial charge in [0, 0.05) is 21.6 Å². The minimum atomic E-state index is -1.12. The number of aromatic carboxylic acids is 1. The quantitative estimate of drug-likeness (QED) is 0.446. The van der Waals surface area contributed by atoms with Crippen LogP contribution < -0.4 is 10.3 Å². The fourth-order valence-electron chi connectivity index (χ4n) is 4.68. The molecule has 0 saturated carbocycles. The lowest BCUT2D eigenvalue weighted by Crippen LogP contribution is -2.47. The number of carbonyl (C=O) groups is 2. The van der Waals surface area contributed by atoms with E-state index in [1.807, 2.05) is 52.0 Å². The maximum absolute atomic E-state index is 12.9. The van der Waals surface area contributed by atoms with E-state index in [1.165, 1.54) is 17.3 Å². The number of anilines is 1. The summed E-state index contributed by atoms with van der Waals surface area (Å²) in [5.74, 6) is -0.630. The summed E-state index contributed by atoms with van der Waals surface area (Å²) in [5, 5.41) is 14.6. The van der Waals surface area contributed by atoms with Gasteiger partial charge in [-0.15, -0.1) is 11.3 Å². The second-order valence-corrected chi connectivity index (χ2v) is 11.8. The number of ether oxygens (including phenoxy) is 1. The summed E-state index contributed by atoms with van der Waals surface area (Å²) in [6.45, 7) is 11.7. The number of carboxylic acid groups (broad SMARTS) is 1. The fraction of sp³-hybridized carbons (Fsp3) is 0.357. The molecule has 2 aromatic heterocycles. The van der Waals surface area contributed by atoms with Crippen LogP contribution in [0, 0.1) is 13.8 Å². The lowest BCUT2D eigenvalue weighted by Gasteiger charge is -2.28. The maximum Gasteiger partial charge on any atom is 0.356 e. The summed E-state index contributed by atoms with van der Waals surface area (Å²) in [5.41, 5.74) is 7.69. The molecule has 0 spiro atoms. The standard InChI is InChI=1S/C28H30N6O4S/c1-14-15(2)39-26-23(14)24(18-9-7-17(8-10-18)20-12-30-21(13-29-20)27(36)37)31-19(11-22(35)38-28(4,5)6)25-33-32-16(3)34(25)26/h7-10,12-13,19,25,33H,11H2,1-6H3,(H,36,37)/t19-,25?/m0/s1. The number of nitrogens with one attached hydrogen (secondary N) is 1. The molecule has 1 unspecified atom stereocenters. The number of benzene rings is 1. The van der Waals surface area contributed by atoms with Crippen molar-refractivity contribution in [3.8, 4) is 11.3 Å². The molecule has 2 aliphatic rings. The van der Waals surface area contributed by atoms with E-state index >= 15 is 0 Å². The largest absolute Gasteiger partial charge is 0.476 e. The number of carbonyl (C=O) groups excluding carboxylic acids is 1. The van der Waals surface area contributed by atoms with Crippen LogP contribution in [0.5, 0.6) is 0 Å². The molecule has 2 atom stereocenters.